The SMILES string of the molecule is CC1(C)OB(c2cccc3c2C(=O)c2ccc4ccccc4c2-3)OC1(C)C. The van der Waals surface area contributed by atoms with Crippen LogP contribution >= 0.6 is 0 Å². The summed E-state index contributed by atoms with van der Waals surface area (Å²) in [6.45, 7) is 8.11. The third-order valence-corrected chi connectivity index (χ3v) is 6.27. The highest BCUT2D eigenvalue weighted by atomic mass is 16.7. The van der Waals surface area contributed by atoms with Crippen molar-refractivity contribution >= 4 is 29.1 Å². The summed E-state index contributed by atoms with van der Waals surface area (Å²) in [6.07, 6.45) is 0. The summed E-state index contributed by atoms with van der Waals surface area (Å²) >= 11 is 0. The maximum absolute atomic E-state index is 13.3. The highest BCUT2D eigenvalue weighted by Crippen LogP contribution is 2.42. The molecule has 3 aromatic rings. The molecule has 0 aromatic heterocycles. The molecule has 0 amide bonds. The first kappa shape index (κ1) is 16.7. The summed E-state index contributed by atoms with van der Waals surface area (Å²) in [5.74, 6) is 0.0519. The largest absolute Gasteiger partial charge is 0.495 e. The van der Waals surface area contributed by atoms with Gasteiger partial charge in [-0.1, -0.05) is 48.5 Å². The molecule has 4 heteroatoms. The third-order valence-electron chi connectivity index (χ3n) is 6.27. The van der Waals surface area contributed by atoms with Gasteiger partial charge in [0.2, 0.25) is 0 Å². The van der Waals surface area contributed by atoms with Crippen LogP contribution in [0.5, 0.6) is 0 Å². The van der Waals surface area contributed by atoms with Crippen LogP contribution in [0.3, 0.4) is 0 Å². The fourth-order valence-corrected chi connectivity index (χ4v) is 4.08. The molecule has 0 saturated carbocycles. The number of carbonyl (C=O) groups is 1. The lowest BCUT2D eigenvalue weighted by Gasteiger charge is -2.32. The van der Waals surface area contributed by atoms with Crippen molar-refractivity contribution in [3.63, 3.8) is 0 Å². The van der Waals surface area contributed by atoms with Crippen LogP contribution in [0.2, 0.25) is 0 Å². The van der Waals surface area contributed by atoms with Crippen molar-refractivity contribution in [1.82, 2.24) is 0 Å². The fraction of sp³-hybridized carbons (Fsp3) is 0.261. The minimum absolute atomic E-state index is 0.0519. The van der Waals surface area contributed by atoms with E-state index in [1.807, 2.05) is 70.2 Å². The summed E-state index contributed by atoms with van der Waals surface area (Å²) in [4.78, 5) is 13.3. The first-order chi connectivity index (χ1) is 12.8. The third kappa shape index (κ3) is 2.20. The topological polar surface area (TPSA) is 35.5 Å². The van der Waals surface area contributed by atoms with Gasteiger partial charge in [-0.05, 0) is 55.6 Å². The van der Waals surface area contributed by atoms with Gasteiger partial charge in [-0.3, -0.25) is 4.79 Å². The zero-order valence-electron chi connectivity index (χ0n) is 16.0. The Morgan fingerprint density at radius 2 is 1.44 bits per heavy atom. The lowest BCUT2D eigenvalue weighted by molar-refractivity contribution is 0.00578. The van der Waals surface area contributed by atoms with Gasteiger partial charge in [0.15, 0.2) is 5.78 Å². The Bertz CT molecular complexity index is 1100. The molecule has 0 radical (unpaired) electrons. The van der Waals surface area contributed by atoms with E-state index >= 15 is 0 Å². The molecular formula is C23H21BO3. The van der Waals surface area contributed by atoms with Gasteiger partial charge < -0.3 is 9.31 Å². The number of hydrogen-bond acceptors (Lipinski definition) is 3. The van der Waals surface area contributed by atoms with Gasteiger partial charge in [-0.15, -0.1) is 0 Å². The average Bonchev–Trinajstić information content (AvgIpc) is 3.05. The highest BCUT2D eigenvalue weighted by Gasteiger charge is 2.53. The first-order valence-corrected chi connectivity index (χ1v) is 9.35. The Labute approximate surface area is 159 Å². The average molecular weight is 356 g/mol. The van der Waals surface area contributed by atoms with Crippen molar-refractivity contribution in [2.24, 2.45) is 0 Å². The Hall–Kier alpha value is -2.43. The Morgan fingerprint density at radius 1 is 0.741 bits per heavy atom. The molecule has 3 aromatic carbocycles. The van der Waals surface area contributed by atoms with Crippen LogP contribution in [0.1, 0.15) is 43.6 Å². The number of fused-ring (bicyclic) bond motifs is 5. The van der Waals surface area contributed by atoms with Crippen molar-refractivity contribution < 1.29 is 14.1 Å². The van der Waals surface area contributed by atoms with E-state index in [0.29, 0.717) is 5.56 Å². The summed E-state index contributed by atoms with van der Waals surface area (Å²) in [7, 11) is -0.547. The molecule has 134 valence electrons. The second-order valence-electron chi connectivity index (χ2n) is 8.40. The normalized spacial score (nSPS) is 19.4. The molecule has 1 fully saturated rings. The van der Waals surface area contributed by atoms with E-state index in [4.69, 9.17) is 9.31 Å². The summed E-state index contributed by atoms with van der Waals surface area (Å²) in [5.41, 5.74) is 3.39. The summed E-state index contributed by atoms with van der Waals surface area (Å²) in [5, 5.41) is 2.24. The minimum Gasteiger partial charge on any atom is -0.399 e. The molecule has 1 aliphatic carbocycles. The molecule has 0 bridgehead atoms. The van der Waals surface area contributed by atoms with Gasteiger partial charge in [0, 0.05) is 16.7 Å². The summed E-state index contributed by atoms with van der Waals surface area (Å²) in [6, 6.07) is 18.1. The van der Waals surface area contributed by atoms with E-state index in [1.165, 1.54) is 0 Å². The van der Waals surface area contributed by atoms with E-state index in [0.717, 1.165) is 32.9 Å². The highest BCUT2D eigenvalue weighted by molar-refractivity contribution is 6.64. The minimum atomic E-state index is -0.547. The van der Waals surface area contributed by atoms with Gasteiger partial charge in [0.25, 0.3) is 0 Å². The van der Waals surface area contributed by atoms with Gasteiger partial charge in [-0.25, -0.2) is 0 Å². The molecule has 0 unspecified atom stereocenters. The van der Waals surface area contributed by atoms with Crippen molar-refractivity contribution in [3.05, 3.63) is 65.7 Å². The second-order valence-corrected chi connectivity index (χ2v) is 8.40. The van der Waals surface area contributed by atoms with Crippen LogP contribution in [0.15, 0.2) is 54.6 Å². The maximum atomic E-state index is 13.3. The monoisotopic (exact) mass is 356 g/mol. The Morgan fingerprint density at radius 3 is 2.19 bits per heavy atom. The van der Waals surface area contributed by atoms with Crippen LogP contribution in [-0.2, 0) is 9.31 Å². The first-order valence-electron chi connectivity index (χ1n) is 9.35. The number of rotatable bonds is 1. The molecule has 0 atom stereocenters. The molecule has 1 heterocycles. The molecule has 1 aliphatic heterocycles. The fourth-order valence-electron chi connectivity index (χ4n) is 4.08. The molecule has 27 heavy (non-hydrogen) atoms. The molecule has 0 N–H and O–H groups in total. The molecule has 3 nitrogen and oxygen atoms in total. The number of benzene rings is 3. The van der Waals surface area contributed by atoms with E-state index in [2.05, 4.69) is 12.1 Å². The van der Waals surface area contributed by atoms with Crippen molar-refractivity contribution in [2.75, 3.05) is 0 Å². The Kier molecular flexibility index (Phi) is 3.29. The van der Waals surface area contributed by atoms with E-state index in [9.17, 15) is 4.79 Å². The van der Waals surface area contributed by atoms with Gasteiger partial charge in [-0.2, -0.15) is 0 Å². The lowest BCUT2D eigenvalue weighted by atomic mass is 9.74. The molecule has 1 saturated heterocycles. The predicted molar refractivity (Wildman–Crippen MR) is 109 cm³/mol. The smallest absolute Gasteiger partial charge is 0.399 e. The predicted octanol–water partition coefficient (Wildman–Crippen LogP) is 4.35. The van der Waals surface area contributed by atoms with Crippen molar-refractivity contribution in [2.45, 2.75) is 38.9 Å². The van der Waals surface area contributed by atoms with Crippen LogP contribution < -0.4 is 5.46 Å². The number of hydrogen-bond donors (Lipinski definition) is 0. The van der Waals surface area contributed by atoms with Gasteiger partial charge in [0.05, 0.1) is 11.2 Å². The molecule has 0 spiro atoms. The summed E-state index contributed by atoms with van der Waals surface area (Å²) < 4.78 is 12.5. The molecule has 2 aliphatic rings. The van der Waals surface area contributed by atoms with E-state index in [1.54, 1.807) is 0 Å². The van der Waals surface area contributed by atoms with Crippen molar-refractivity contribution in [3.8, 4) is 11.1 Å². The maximum Gasteiger partial charge on any atom is 0.495 e. The Balaban J connectivity index is 1.72. The number of ketones is 1. The molecule has 5 rings (SSSR count). The van der Waals surface area contributed by atoms with Crippen LogP contribution in [-0.4, -0.2) is 24.1 Å². The zero-order valence-corrected chi connectivity index (χ0v) is 16.0. The number of carbonyl (C=O) groups excluding carboxylic acids is 1. The van der Waals surface area contributed by atoms with Crippen LogP contribution in [0, 0.1) is 0 Å². The second kappa shape index (κ2) is 5.31. The lowest BCUT2D eigenvalue weighted by Crippen LogP contribution is -2.41. The zero-order chi connectivity index (χ0) is 19.0. The van der Waals surface area contributed by atoms with Crippen LogP contribution in [0.25, 0.3) is 21.9 Å². The van der Waals surface area contributed by atoms with E-state index < -0.39 is 18.3 Å². The quantitative estimate of drug-likeness (QED) is 0.476. The standard InChI is InChI=1S/C23H21BO3/c1-22(2)23(3,4)27-24(26-22)18-11-7-10-16-19-15-9-6-5-8-14(15)12-13-17(19)21(25)20(16)18/h5-13H,1-4H3. The van der Waals surface area contributed by atoms with Gasteiger partial charge in [0.1, 0.15) is 0 Å². The van der Waals surface area contributed by atoms with E-state index in [-0.39, 0.29) is 5.78 Å². The van der Waals surface area contributed by atoms with Crippen molar-refractivity contribution in [1.29, 1.82) is 0 Å². The van der Waals surface area contributed by atoms with Crippen LogP contribution in [0.4, 0.5) is 0 Å². The van der Waals surface area contributed by atoms with Gasteiger partial charge >= 0.3 is 7.12 Å². The molecular weight excluding hydrogens is 335 g/mol.